The Morgan fingerprint density at radius 3 is 2.04 bits per heavy atom. The summed E-state index contributed by atoms with van der Waals surface area (Å²) < 4.78 is 0. The number of benzene rings is 1. The number of aliphatic hydroxyl groups excluding tert-OH is 1. The fraction of sp³-hybridized carbons (Fsp3) is 0.412. The number of rotatable bonds is 10. The monoisotopic (exact) mass is 384 g/mol. The van der Waals surface area contributed by atoms with E-state index in [1.807, 2.05) is 6.07 Å². The molecule has 10 nitrogen and oxygen atoms in total. The number of nitrogens with one attached hydrogen (secondary N) is 1. The van der Waals surface area contributed by atoms with Crippen molar-refractivity contribution in [2.45, 2.75) is 37.8 Å². The molecule has 0 saturated carbocycles. The van der Waals surface area contributed by atoms with Crippen molar-refractivity contribution < 1.29 is 39.6 Å². The van der Waals surface area contributed by atoms with Gasteiger partial charge in [0.15, 0.2) is 0 Å². The van der Waals surface area contributed by atoms with Gasteiger partial charge < -0.3 is 31.5 Å². The van der Waals surface area contributed by atoms with Crippen LogP contribution in [0.3, 0.4) is 0 Å². The maximum absolute atomic E-state index is 11.5. The zero-order chi connectivity index (χ0) is 20.8. The van der Waals surface area contributed by atoms with Gasteiger partial charge in [-0.05, 0) is 25.0 Å². The maximum Gasteiger partial charge on any atom is 0.323 e. The van der Waals surface area contributed by atoms with Crippen LogP contribution in [0, 0.1) is 0 Å². The Hall–Kier alpha value is -2.98. The lowest BCUT2D eigenvalue weighted by atomic mass is 10.1. The van der Waals surface area contributed by atoms with Gasteiger partial charge in [0.2, 0.25) is 0 Å². The standard InChI is InChI=1S/C12H15NO3.C5H9NO5/c14-11(15)8-4-5-9-13-12(16)10-6-2-1-3-7-10;6-4(5(10)11)2(7)1-3(8)9/h1-3,6-7H,4-5,8-9H2,(H,13,16)(H,14,15);2,4,7H,1,6H2,(H,8,9)(H,10,11)/t;2?,4-/m.0/s1. The Labute approximate surface area is 155 Å². The summed E-state index contributed by atoms with van der Waals surface area (Å²) in [5, 5.41) is 36.2. The Morgan fingerprint density at radius 1 is 0.963 bits per heavy atom. The minimum absolute atomic E-state index is 0.115. The smallest absolute Gasteiger partial charge is 0.323 e. The molecule has 0 aliphatic heterocycles. The Morgan fingerprint density at radius 2 is 1.56 bits per heavy atom. The van der Waals surface area contributed by atoms with E-state index in [-0.39, 0.29) is 12.3 Å². The largest absolute Gasteiger partial charge is 0.481 e. The van der Waals surface area contributed by atoms with Crippen LogP contribution in [0.1, 0.15) is 36.0 Å². The second-order valence-electron chi connectivity index (χ2n) is 5.50. The first-order valence-corrected chi connectivity index (χ1v) is 8.08. The summed E-state index contributed by atoms with van der Waals surface area (Å²) in [6.07, 6.45) is -0.769. The fourth-order valence-corrected chi connectivity index (χ4v) is 1.77. The van der Waals surface area contributed by atoms with Crippen LogP contribution in [-0.4, -0.2) is 62.9 Å². The van der Waals surface area contributed by atoms with Gasteiger partial charge in [-0.3, -0.25) is 19.2 Å². The van der Waals surface area contributed by atoms with E-state index >= 15 is 0 Å². The third-order valence-corrected chi connectivity index (χ3v) is 3.22. The molecule has 0 saturated heterocycles. The van der Waals surface area contributed by atoms with E-state index in [1.165, 1.54) is 0 Å². The van der Waals surface area contributed by atoms with E-state index in [2.05, 4.69) is 5.32 Å². The molecule has 150 valence electrons. The number of aliphatic hydroxyl groups is 1. The molecule has 0 fully saturated rings. The van der Waals surface area contributed by atoms with E-state index in [4.69, 9.17) is 26.2 Å². The summed E-state index contributed by atoms with van der Waals surface area (Å²) >= 11 is 0. The highest BCUT2D eigenvalue weighted by Gasteiger charge is 2.23. The Balaban J connectivity index is 0.000000541. The average Bonchev–Trinajstić information content (AvgIpc) is 2.61. The Kier molecular flexibility index (Phi) is 11.8. The molecule has 0 aliphatic rings. The molecule has 0 aliphatic carbocycles. The van der Waals surface area contributed by atoms with Gasteiger partial charge in [-0.1, -0.05) is 18.2 Å². The maximum atomic E-state index is 11.5. The van der Waals surface area contributed by atoms with E-state index in [1.54, 1.807) is 24.3 Å². The molecule has 1 aromatic rings. The molecule has 0 radical (unpaired) electrons. The number of carbonyl (C=O) groups is 4. The van der Waals surface area contributed by atoms with Crippen molar-refractivity contribution in [1.29, 1.82) is 0 Å². The summed E-state index contributed by atoms with van der Waals surface area (Å²) in [4.78, 5) is 41.7. The number of nitrogens with two attached hydrogens (primary N) is 1. The van der Waals surface area contributed by atoms with Crippen molar-refractivity contribution in [3.63, 3.8) is 0 Å². The van der Waals surface area contributed by atoms with E-state index in [0.717, 1.165) is 0 Å². The summed E-state index contributed by atoms with van der Waals surface area (Å²) in [6.45, 7) is 0.515. The van der Waals surface area contributed by atoms with Crippen LogP contribution in [0.5, 0.6) is 0 Å². The molecular weight excluding hydrogens is 360 g/mol. The van der Waals surface area contributed by atoms with Gasteiger partial charge in [0.1, 0.15) is 6.04 Å². The summed E-state index contributed by atoms with van der Waals surface area (Å²) in [5.41, 5.74) is 5.52. The average molecular weight is 384 g/mol. The number of hydrogen-bond acceptors (Lipinski definition) is 6. The van der Waals surface area contributed by atoms with Gasteiger partial charge in [0.25, 0.3) is 5.91 Å². The van der Waals surface area contributed by atoms with E-state index in [9.17, 15) is 19.2 Å². The van der Waals surface area contributed by atoms with Crippen LogP contribution >= 0.6 is 0 Å². The van der Waals surface area contributed by atoms with Crippen molar-refractivity contribution in [3.05, 3.63) is 35.9 Å². The molecule has 1 rings (SSSR count). The van der Waals surface area contributed by atoms with Gasteiger partial charge in [-0.2, -0.15) is 0 Å². The molecule has 1 aromatic carbocycles. The van der Waals surface area contributed by atoms with E-state index < -0.39 is 36.5 Å². The second-order valence-corrected chi connectivity index (χ2v) is 5.50. The number of hydrogen-bond donors (Lipinski definition) is 6. The lowest BCUT2D eigenvalue weighted by Gasteiger charge is -2.11. The molecule has 0 aromatic heterocycles. The highest BCUT2D eigenvalue weighted by Crippen LogP contribution is 1.99. The quantitative estimate of drug-likeness (QED) is 0.299. The SMILES string of the molecule is N[C@H](C(=O)O)C(O)CC(=O)O.O=C(O)CCCCNC(=O)c1ccccc1. The zero-order valence-electron chi connectivity index (χ0n) is 14.6. The molecule has 0 heterocycles. The van der Waals surface area contributed by atoms with Crippen LogP contribution in [0.2, 0.25) is 0 Å². The molecule has 0 spiro atoms. The topological polar surface area (TPSA) is 187 Å². The first-order valence-electron chi connectivity index (χ1n) is 8.08. The summed E-state index contributed by atoms with van der Waals surface area (Å²) in [7, 11) is 0. The number of carboxylic acids is 3. The van der Waals surface area contributed by atoms with Crippen LogP contribution in [0.15, 0.2) is 30.3 Å². The minimum Gasteiger partial charge on any atom is -0.481 e. The summed E-state index contributed by atoms with van der Waals surface area (Å²) in [6, 6.07) is 7.41. The van der Waals surface area contributed by atoms with Crippen molar-refractivity contribution in [3.8, 4) is 0 Å². The molecule has 27 heavy (non-hydrogen) atoms. The first kappa shape index (κ1) is 24.0. The van der Waals surface area contributed by atoms with Gasteiger partial charge in [0, 0.05) is 18.5 Å². The third kappa shape index (κ3) is 12.1. The third-order valence-electron chi connectivity index (χ3n) is 3.22. The molecule has 10 heteroatoms. The van der Waals surface area contributed by atoms with Gasteiger partial charge in [-0.15, -0.1) is 0 Å². The first-order chi connectivity index (χ1) is 12.6. The van der Waals surface area contributed by atoms with Gasteiger partial charge >= 0.3 is 17.9 Å². The highest BCUT2D eigenvalue weighted by molar-refractivity contribution is 5.94. The normalized spacial score (nSPS) is 12.1. The molecule has 2 atom stereocenters. The summed E-state index contributed by atoms with van der Waals surface area (Å²) in [5.74, 6) is -3.61. The lowest BCUT2D eigenvalue weighted by molar-refractivity contribution is -0.144. The zero-order valence-corrected chi connectivity index (χ0v) is 14.6. The van der Waals surface area contributed by atoms with Crippen molar-refractivity contribution in [1.82, 2.24) is 5.32 Å². The predicted molar refractivity (Wildman–Crippen MR) is 94.1 cm³/mol. The predicted octanol–water partition coefficient (Wildman–Crippen LogP) is -0.0948. The number of aliphatic carboxylic acids is 3. The van der Waals surface area contributed by atoms with Gasteiger partial charge in [-0.25, -0.2) is 0 Å². The number of unbranched alkanes of at least 4 members (excludes halogenated alkanes) is 1. The van der Waals surface area contributed by atoms with Crippen molar-refractivity contribution >= 4 is 23.8 Å². The molecular formula is C17H24N2O8. The van der Waals surface area contributed by atoms with Crippen molar-refractivity contribution in [2.75, 3.05) is 6.54 Å². The number of carbonyl (C=O) groups excluding carboxylic acids is 1. The molecule has 7 N–H and O–H groups in total. The number of amides is 1. The highest BCUT2D eigenvalue weighted by atomic mass is 16.4. The van der Waals surface area contributed by atoms with Crippen molar-refractivity contribution in [2.24, 2.45) is 5.73 Å². The molecule has 0 bridgehead atoms. The second kappa shape index (κ2) is 13.3. The minimum atomic E-state index is -1.54. The van der Waals surface area contributed by atoms with Crippen LogP contribution < -0.4 is 11.1 Å². The molecule has 1 amide bonds. The Bertz CT molecular complexity index is 621. The molecule has 1 unspecified atom stereocenters. The van der Waals surface area contributed by atoms with Crippen LogP contribution in [0.25, 0.3) is 0 Å². The van der Waals surface area contributed by atoms with Crippen LogP contribution in [-0.2, 0) is 14.4 Å². The van der Waals surface area contributed by atoms with E-state index in [0.29, 0.717) is 24.9 Å². The lowest BCUT2D eigenvalue weighted by Crippen LogP contribution is -2.42. The van der Waals surface area contributed by atoms with Crippen LogP contribution in [0.4, 0.5) is 0 Å². The number of carboxylic acid groups (broad SMARTS) is 3. The van der Waals surface area contributed by atoms with Gasteiger partial charge in [0.05, 0.1) is 12.5 Å². The fourth-order valence-electron chi connectivity index (χ4n) is 1.77.